The fourth-order valence-corrected chi connectivity index (χ4v) is 3.15. The summed E-state index contributed by atoms with van der Waals surface area (Å²) in [5, 5.41) is 5.63. The van der Waals surface area contributed by atoms with E-state index in [0.717, 1.165) is 31.2 Å². The number of rotatable bonds is 6. The molecule has 1 heterocycles. The van der Waals surface area contributed by atoms with Gasteiger partial charge in [0.1, 0.15) is 0 Å². The highest BCUT2D eigenvalue weighted by Crippen LogP contribution is 2.20. The first-order chi connectivity index (χ1) is 13.4. The van der Waals surface area contributed by atoms with Crippen LogP contribution >= 0.6 is 0 Å². The molecule has 0 radical (unpaired) electrons. The maximum Gasteiger partial charge on any atom is 0.338 e. The summed E-state index contributed by atoms with van der Waals surface area (Å²) < 4.78 is 10.4. The quantitative estimate of drug-likeness (QED) is 0.744. The number of hydrogen-bond acceptors (Lipinski definition) is 5. The van der Waals surface area contributed by atoms with Crippen molar-refractivity contribution in [3.8, 4) is 0 Å². The van der Waals surface area contributed by atoms with Gasteiger partial charge in [0.15, 0.2) is 11.9 Å². The Kier molecular flexibility index (Phi) is 6.13. The zero-order chi connectivity index (χ0) is 20.1. The van der Waals surface area contributed by atoms with Gasteiger partial charge in [-0.05, 0) is 56.5 Å². The molecular formula is C21H24N2O5. The van der Waals surface area contributed by atoms with Crippen LogP contribution in [0.1, 0.15) is 59.1 Å². The fraction of sp³-hybridized carbons (Fsp3) is 0.381. The van der Waals surface area contributed by atoms with Crippen LogP contribution in [0.15, 0.2) is 41.0 Å². The molecule has 148 valence electrons. The summed E-state index contributed by atoms with van der Waals surface area (Å²) in [5.41, 5.74) is 1.50. The molecule has 1 aromatic carbocycles. The minimum Gasteiger partial charge on any atom is -0.459 e. The lowest BCUT2D eigenvalue weighted by Gasteiger charge is -2.17. The van der Waals surface area contributed by atoms with Gasteiger partial charge in [-0.3, -0.25) is 9.59 Å². The lowest BCUT2D eigenvalue weighted by molar-refractivity contribution is -0.129. The highest BCUT2D eigenvalue weighted by molar-refractivity contribution is 6.03. The molecule has 1 aliphatic rings. The van der Waals surface area contributed by atoms with Crippen molar-refractivity contribution in [3.63, 3.8) is 0 Å². The molecule has 2 aromatic rings. The van der Waals surface area contributed by atoms with Gasteiger partial charge in [0.05, 0.1) is 11.8 Å². The number of carbonyl (C=O) groups is 3. The van der Waals surface area contributed by atoms with E-state index < -0.39 is 18.0 Å². The van der Waals surface area contributed by atoms with E-state index in [1.54, 1.807) is 31.2 Å². The van der Waals surface area contributed by atoms with Crippen LogP contribution in [0.5, 0.6) is 0 Å². The maximum atomic E-state index is 12.4. The van der Waals surface area contributed by atoms with Gasteiger partial charge in [-0.25, -0.2) is 4.79 Å². The molecule has 2 N–H and O–H groups in total. The Morgan fingerprint density at radius 2 is 1.93 bits per heavy atom. The number of esters is 1. The van der Waals surface area contributed by atoms with E-state index in [0.29, 0.717) is 5.69 Å². The maximum absolute atomic E-state index is 12.4. The van der Waals surface area contributed by atoms with E-state index in [-0.39, 0.29) is 23.3 Å². The average Bonchev–Trinajstić information content (AvgIpc) is 3.37. The molecule has 0 bridgehead atoms. The number of furan rings is 1. The molecule has 0 unspecified atom stereocenters. The molecule has 2 amide bonds. The topological polar surface area (TPSA) is 97.6 Å². The number of aryl methyl sites for hydroxylation is 1. The van der Waals surface area contributed by atoms with E-state index >= 15 is 0 Å². The van der Waals surface area contributed by atoms with E-state index in [1.165, 1.54) is 12.3 Å². The Morgan fingerprint density at radius 3 is 2.61 bits per heavy atom. The fourth-order valence-electron chi connectivity index (χ4n) is 3.15. The summed E-state index contributed by atoms with van der Waals surface area (Å²) in [6.07, 6.45) is 4.65. The van der Waals surface area contributed by atoms with Crippen molar-refractivity contribution < 1.29 is 23.5 Å². The first-order valence-corrected chi connectivity index (χ1v) is 9.41. The standard InChI is InChI=1S/C21H24N2O5/c1-13-9-10-15(12-17(13)23-20(25)18-8-5-11-27-18)21(26)28-14(2)19(24)22-16-6-3-4-7-16/h5,8-12,14,16H,3-4,6-7H2,1-2H3,(H,22,24)(H,23,25)/t14-/m1/s1. The number of nitrogens with one attached hydrogen (secondary N) is 2. The van der Waals surface area contributed by atoms with Crippen LogP contribution < -0.4 is 10.6 Å². The van der Waals surface area contributed by atoms with E-state index in [4.69, 9.17) is 9.15 Å². The predicted molar refractivity (Wildman–Crippen MR) is 103 cm³/mol. The second-order valence-electron chi connectivity index (χ2n) is 7.00. The minimum absolute atomic E-state index is 0.163. The van der Waals surface area contributed by atoms with Crippen LogP contribution in [0.25, 0.3) is 0 Å². The normalized spacial score (nSPS) is 15.1. The van der Waals surface area contributed by atoms with Crippen molar-refractivity contribution in [2.75, 3.05) is 5.32 Å². The summed E-state index contributed by atoms with van der Waals surface area (Å²) in [4.78, 5) is 36.8. The third kappa shape index (κ3) is 4.79. The molecule has 1 atom stereocenters. The third-order valence-corrected chi connectivity index (χ3v) is 4.82. The largest absolute Gasteiger partial charge is 0.459 e. The Labute approximate surface area is 163 Å². The molecular weight excluding hydrogens is 360 g/mol. The van der Waals surface area contributed by atoms with Crippen molar-refractivity contribution in [2.24, 2.45) is 0 Å². The van der Waals surface area contributed by atoms with Crippen LogP contribution in [0.3, 0.4) is 0 Å². The lowest BCUT2D eigenvalue weighted by atomic mass is 10.1. The molecule has 28 heavy (non-hydrogen) atoms. The Hall–Kier alpha value is -3.09. The van der Waals surface area contributed by atoms with Crippen molar-refractivity contribution in [1.82, 2.24) is 5.32 Å². The number of amides is 2. The number of anilines is 1. The van der Waals surface area contributed by atoms with E-state index in [1.807, 2.05) is 6.92 Å². The zero-order valence-electron chi connectivity index (χ0n) is 16.0. The van der Waals surface area contributed by atoms with E-state index in [2.05, 4.69) is 10.6 Å². The highest BCUT2D eigenvalue weighted by Gasteiger charge is 2.24. The number of benzene rings is 1. The lowest BCUT2D eigenvalue weighted by Crippen LogP contribution is -2.40. The SMILES string of the molecule is Cc1ccc(C(=O)O[C@H](C)C(=O)NC2CCCC2)cc1NC(=O)c1ccco1. The molecule has 1 aromatic heterocycles. The molecule has 0 aliphatic heterocycles. The van der Waals surface area contributed by atoms with Gasteiger partial charge in [0, 0.05) is 11.7 Å². The smallest absolute Gasteiger partial charge is 0.338 e. The van der Waals surface area contributed by atoms with Gasteiger partial charge < -0.3 is 19.8 Å². The van der Waals surface area contributed by atoms with E-state index in [9.17, 15) is 14.4 Å². The zero-order valence-corrected chi connectivity index (χ0v) is 16.0. The van der Waals surface area contributed by atoms with Crippen molar-refractivity contribution in [1.29, 1.82) is 0 Å². The summed E-state index contributed by atoms with van der Waals surface area (Å²) in [6.45, 7) is 3.36. The number of carbonyl (C=O) groups excluding carboxylic acids is 3. The monoisotopic (exact) mass is 384 g/mol. The first-order valence-electron chi connectivity index (χ1n) is 9.41. The molecule has 3 rings (SSSR count). The van der Waals surface area contributed by atoms with Crippen molar-refractivity contribution in [3.05, 3.63) is 53.5 Å². The average molecular weight is 384 g/mol. The van der Waals surface area contributed by atoms with Crippen LogP contribution in [0, 0.1) is 6.92 Å². The Morgan fingerprint density at radius 1 is 1.18 bits per heavy atom. The number of hydrogen-bond donors (Lipinski definition) is 2. The molecule has 7 heteroatoms. The summed E-state index contributed by atoms with van der Waals surface area (Å²) in [5.74, 6) is -1.16. The minimum atomic E-state index is -0.893. The van der Waals surface area contributed by atoms with Crippen molar-refractivity contribution >= 4 is 23.5 Å². The predicted octanol–water partition coefficient (Wildman–Crippen LogP) is 3.44. The van der Waals surface area contributed by atoms with Crippen molar-refractivity contribution in [2.45, 2.75) is 51.7 Å². The Balaban J connectivity index is 1.63. The van der Waals surface area contributed by atoms with Gasteiger partial charge in [0.2, 0.25) is 0 Å². The van der Waals surface area contributed by atoms with Crippen LogP contribution in [0.4, 0.5) is 5.69 Å². The van der Waals surface area contributed by atoms with Gasteiger partial charge in [-0.2, -0.15) is 0 Å². The second-order valence-corrected chi connectivity index (χ2v) is 7.00. The van der Waals surface area contributed by atoms with Gasteiger partial charge in [0.25, 0.3) is 11.8 Å². The number of ether oxygens (including phenoxy) is 1. The van der Waals surface area contributed by atoms with Crippen LogP contribution in [-0.2, 0) is 9.53 Å². The molecule has 7 nitrogen and oxygen atoms in total. The second kappa shape index (κ2) is 8.73. The Bertz CT molecular complexity index is 854. The highest BCUT2D eigenvalue weighted by atomic mass is 16.5. The molecule has 1 fully saturated rings. The summed E-state index contributed by atoms with van der Waals surface area (Å²) >= 11 is 0. The van der Waals surface area contributed by atoms with Gasteiger partial charge in [-0.15, -0.1) is 0 Å². The molecule has 1 aliphatic carbocycles. The third-order valence-electron chi connectivity index (χ3n) is 4.82. The van der Waals surface area contributed by atoms with Crippen LogP contribution in [-0.4, -0.2) is 29.9 Å². The van der Waals surface area contributed by atoms with Gasteiger partial charge >= 0.3 is 5.97 Å². The molecule has 0 spiro atoms. The molecule has 0 saturated heterocycles. The van der Waals surface area contributed by atoms with Crippen LogP contribution in [0.2, 0.25) is 0 Å². The first kappa shape index (κ1) is 19.7. The summed E-state index contributed by atoms with van der Waals surface area (Å²) in [6, 6.07) is 8.16. The van der Waals surface area contributed by atoms with Gasteiger partial charge in [-0.1, -0.05) is 18.9 Å². The summed E-state index contributed by atoms with van der Waals surface area (Å²) in [7, 11) is 0. The molecule has 1 saturated carbocycles.